The van der Waals surface area contributed by atoms with Gasteiger partial charge in [-0.05, 0) is 50.5 Å². The number of benzene rings is 1. The molecule has 1 aromatic heterocycles. The number of hydrogen-bond acceptors (Lipinski definition) is 7. The Morgan fingerprint density at radius 3 is 2.33 bits per heavy atom. The van der Waals surface area contributed by atoms with E-state index in [1.807, 2.05) is 0 Å². The van der Waals surface area contributed by atoms with Crippen molar-refractivity contribution in [2.45, 2.75) is 32.6 Å². The second kappa shape index (κ2) is 7.51. The van der Waals surface area contributed by atoms with Crippen molar-refractivity contribution in [2.24, 2.45) is 7.05 Å². The molecule has 146 valence electrons. The standard InChI is InChI=1S/C18H22N2O6S/c1-7-25-18(22)26-17-14(9-19-20(17)5)15(21)13-8-10(2)16(27(6,23)24)12(4)11(13)3/h8-9H,7H2,1-6H3. The summed E-state index contributed by atoms with van der Waals surface area (Å²) in [7, 11) is -1.90. The van der Waals surface area contributed by atoms with Gasteiger partial charge in [-0.25, -0.2) is 17.9 Å². The topological polar surface area (TPSA) is 105 Å². The van der Waals surface area contributed by atoms with Gasteiger partial charge in [-0.3, -0.25) is 4.79 Å². The average Bonchev–Trinajstić information content (AvgIpc) is 2.90. The fourth-order valence-corrected chi connectivity index (χ4v) is 4.29. The highest BCUT2D eigenvalue weighted by Crippen LogP contribution is 2.29. The van der Waals surface area contributed by atoms with Crippen LogP contribution in [0.5, 0.6) is 5.88 Å². The highest BCUT2D eigenvalue weighted by atomic mass is 32.2. The van der Waals surface area contributed by atoms with E-state index >= 15 is 0 Å². The van der Waals surface area contributed by atoms with E-state index in [1.165, 1.54) is 24.0 Å². The lowest BCUT2D eigenvalue weighted by Gasteiger charge is -2.15. The molecule has 0 bridgehead atoms. The van der Waals surface area contributed by atoms with Crippen LogP contribution in [0.4, 0.5) is 4.79 Å². The molecule has 0 saturated carbocycles. The maximum atomic E-state index is 13.1. The maximum Gasteiger partial charge on any atom is 0.515 e. The van der Waals surface area contributed by atoms with E-state index in [0.717, 1.165) is 6.26 Å². The molecular formula is C18H22N2O6S. The van der Waals surface area contributed by atoms with Crippen LogP contribution < -0.4 is 4.74 Å². The molecule has 2 rings (SSSR count). The van der Waals surface area contributed by atoms with E-state index in [0.29, 0.717) is 22.3 Å². The smallest absolute Gasteiger partial charge is 0.434 e. The minimum atomic E-state index is -3.43. The first-order valence-electron chi connectivity index (χ1n) is 8.21. The van der Waals surface area contributed by atoms with Crippen LogP contribution >= 0.6 is 0 Å². The van der Waals surface area contributed by atoms with Gasteiger partial charge in [-0.15, -0.1) is 0 Å². The Balaban J connectivity index is 2.56. The number of ketones is 1. The zero-order chi connectivity index (χ0) is 20.5. The van der Waals surface area contributed by atoms with Crippen molar-refractivity contribution >= 4 is 21.8 Å². The molecule has 9 heteroatoms. The number of hydrogen-bond donors (Lipinski definition) is 0. The van der Waals surface area contributed by atoms with Crippen LogP contribution in [0.1, 0.15) is 39.5 Å². The molecule has 2 aromatic rings. The van der Waals surface area contributed by atoms with Crippen LogP contribution in [0.15, 0.2) is 17.2 Å². The summed E-state index contributed by atoms with van der Waals surface area (Å²) in [5.74, 6) is -0.466. The van der Waals surface area contributed by atoms with Gasteiger partial charge in [0, 0.05) is 18.9 Å². The lowest BCUT2D eigenvalue weighted by molar-refractivity contribution is 0.0981. The number of carbonyl (C=O) groups excluding carboxylic acids is 2. The fourth-order valence-electron chi connectivity index (χ4n) is 2.94. The molecule has 0 aliphatic heterocycles. The molecule has 0 spiro atoms. The first kappa shape index (κ1) is 20.6. The highest BCUT2D eigenvalue weighted by Gasteiger charge is 2.26. The summed E-state index contributed by atoms with van der Waals surface area (Å²) in [5, 5.41) is 3.97. The molecule has 1 heterocycles. The van der Waals surface area contributed by atoms with Crippen LogP contribution in [0, 0.1) is 20.8 Å². The third-order valence-corrected chi connectivity index (χ3v) is 5.58. The van der Waals surface area contributed by atoms with Crippen LogP contribution in [0.3, 0.4) is 0 Å². The molecule has 0 radical (unpaired) electrons. The number of rotatable bonds is 5. The van der Waals surface area contributed by atoms with Gasteiger partial charge in [0.05, 0.1) is 17.7 Å². The fraction of sp³-hybridized carbons (Fsp3) is 0.389. The van der Waals surface area contributed by atoms with Gasteiger partial charge in [-0.1, -0.05) is 0 Å². The largest absolute Gasteiger partial charge is 0.515 e. The summed E-state index contributed by atoms with van der Waals surface area (Å²) in [6.07, 6.45) is 1.49. The van der Waals surface area contributed by atoms with Crippen molar-refractivity contribution < 1.29 is 27.5 Å². The summed E-state index contributed by atoms with van der Waals surface area (Å²) in [4.78, 5) is 24.9. The van der Waals surface area contributed by atoms with E-state index in [2.05, 4.69) is 5.10 Å². The van der Waals surface area contributed by atoms with Gasteiger partial charge in [0.1, 0.15) is 5.56 Å². The molecule has 0 aliphatic rings. The maximum absolute atomic E-state index is 13.1. The molecule has 0 aliphatic carbocycles. The van der Waals surface area contributed by atoms with Crippen molar-refractivity contribution in [3.05, 3.63) is 40.1 Å². The van der Waals surface area contributed by atoms with Gasteiger partial charge < -0.3 is 9.47 Å². The number of sulfone groups is 1. The van der Waals surface area contributed by atoms with Crippen molar-refractivity contribution in [1.29, 1.82) is 0 Å². The average molecular weight is 394 g/mol. The first-order chi connectivity index (χ1) is 12.5. The monoisotopic (exact) mass is 394 g/mol. The molecule has 8 nitrogen and oxygen atoms in total. The first-order valence-corrected chi connectivity index (χ1v) is 10.1. The molecule has 0 amide bonds. The number of aryl methyl sites for hydroxylation is 2. The van der Waals surface area contributed by atoms with Crippen LogP contribution in [-0.4, -0.2) is 43.0 Å². The lowest BCUT2D eigenvalue weighted by Crippen LogP contribution is -2.16. The SMILES string of the molecule is CCOC(=O)Oc1c(C(=O)c2cc(C)c(S(C)(=O)=O)c(C)c2C)cnn1C. The number of carbonyl (C=O) groups is 2. The Bertz CT molecular complexity index is 1020. The predicted octanol–water partition coefficient (Wildman–Crippen LogP) is 2.52. The molecule has 0 saturated heterocycles. The van der Waals surface area contributed by atoms with Gasteiger partial charge in [-0.2, -0.15) is 5.10 Å². The van der Waals surface area contributed by atoms with Crippen LogP contribution in [0.25, 0.3) is 0 Å². The summed E-state index contributed by atoms with van der Waals surface area (Å²) in [6, 6.07) is 1.53. The van der Waals surface area contributed by atoms with Crippen molar-refractivity contribution in [1.82, 2.24) is 9.78 Å². The number of ether oxygens (including phenoxy) is 2. The predicted molar refractivity (Wildman–Crippen MR) is 98.1 cm³/mol. The van der Waals surface area contributed by atoms with E-state index in [9.17, 15) is 18.0 Å². The third kappa shape index (κ3) is 4.02. The summed E-state index contributed by atoms with van der Waals surface area (Å²) >= 11 is 0. The normalized spacial score (nSPS) is 11.3. The third-order valence-electron chi connectivity index (χ3n) is 4.21. The minimum Gasteiger partial charge on any atom is -0.434 e. The van der Waals surface area contributed by atoms with Crippen molar-refractivity contribution in [2.75, 3.05) is 12.9 Å². The Morgan fingerprint density at radius 2 is 1.78 bits per heavy atom. The van der Waals surface area contributed by atoms with Crippen molar-refractivity contribution in [3.63, 3.8) is 0 Å². The number of nitrogens with zero attached hydrogens (tertiary/aromatic N) is 2. The molecule has 1 aromatic carbocycles. The second-order valence-electron chi connectivity index (χ2n) is 6.19. The lowest BCUT2D eigenvalue weighted by atomic mass is 9.95. The molecular weight excluding hydrogens is 372 g/mol. The highest BCUT2D eigenvalue weighted by molar-refractivity contribution is 7.90. The Hall–Kier alpha value is -2.68. The van der Waals surface area contributed by atoms with Gasteiger partial charge >= 0.3 is 6.16 Å². The summed E-state index contributed by atoms with van der Waals surface area (Å²) < 4.78 is 35.2. The van der Waals surface area contributed by atoms with E-state index in [-0.39, 0.29) is 22.9 Å². The van der Waals surface area contributed by atoms with Gasteiger partial charge in [0.2, 0.25) is 5.88 Å². The molecule has 27 heavy (non-hydrogen) atoms. The van der Waals surface area contributed by atoms with E-state index in [1.54, 1.807) is 27.7 Å². The Labute approximate surface area is 158 Å². The van der Waals surface area contributed by atoms with Gasteiger partial charge in [0.25, 0.3) is 0 Å². The zero-order valence-corrected chi connectivity index (χ0v) is 16.9. The van der Waals surface area contributed by atoms with Gasteiger partial charge in [0.15, 0.2) is 15.6 Å². The molecule has 0 unspecified atom stereocenters. The Morgan fingerprint density at radius 1 is 1.15 bits per heavy atom. The molecule has 0 fully saturated rings. The summed E-state index contributed by atoms with van der Waals surface area (Å²) in [6.45, 7) is 6.74. The van der Waals surface area contributed by atoms with Crippen molar-refractivity contribution in [3.8, 4) is 5.88 Å². The van der Waals surface area contributed by atoms with E-state index < -0.39 is 21.8 Å². The summed E-state index contributed by atoms with van der Waals surface area (Å²) in [5.41, 5.74) is 1.92. The molecule has 0 atom stereocenters. The van der Waals surface area contributed by atoms with E-state index in [4.69, 9.17) is 9.47 Å². The zero-order valence-electron chi connectivity index (χ0n) is 16.1. The van der Waals surface area contributed by atoms with Crippen LogP contribution in [0.2, 0.25) is 0 Å². The second-order valence-corrected chi connectivity index (χ2v) is 8.15. The molecule has 0 N–H and O–H groups in total. The van der Waals surface area contributed by atoms with Crippen LogP contribution in [-0.2, 0) is 21.6 Å². The quantitative estimate of drug-likeness (QED) is 0.567. The number of aromatic nitrogens is 2. The minimum absolute atomic E-state index is 0.0413. The Kier molecular flexibility index (Phi) is 5.74.